The first kappa shape index (κ1) is 10.4. The number of nitrogens with two attached hydrogens (primary N) is 1. The predicted molar refractivity (Wildman–Crippen MR) is 60.2 cm³/mol. The molecule has 2 aliphatic rings. The summed E-state index contributed by atoms with van der Waals surface area (Å²) in [6.07, 6.45) is 6.99. The second-order valence-electron chi connectivity index (χ2n) is 5.24. The third-order valence-electron chi connectivity index (χ3n) is 4.08. The van der Waals surface area contributed by atoms with E-state index >= 15 is 0 Å². The zero-order valence-electron chi connectivity index (χ0n) is 9.41. The Balaban J connectivity index is 1.92. The molecule has 2 fully saturated rings. The van der Waals surface area contributed by atoms with Crippen molar-refractivity contribution in [3.05, 3.63) is 0 Å². The van der Waals surface area contributed by atoms with Gasteiger partial charge in [-0.3, -0.25) is 4.90 Å². The topological polar surface area (TPSA) is 29.3 Å². The Bertz CT molecular complexity index is 181. The molecule has 1 aliphatic heterocycles. The van der Waals surface area contributed by atoms with E-state index in [1.54, 1.807) is 0 Å². The monoisotopic (exact) mass is 196 g/mol. The van der Waals surface area contributed by atoms with Gasteiger partial charge in [0.15, 0.2) is 0 Å². The lowest BCUT2D eigenvalue weighted by Gasteiger charge is -2.38. The Morgan fingerprint density at radius 1 is 1.21 bits per heavy atom. The highest BCUT2D eigenvalue weighted by atomic mass is 15.2. The standard InChI is InChI=1S/C12H24N2/c1-10-4-3-7-14(9-10)12-6-2-5-11(12)8-13/h10-12H,2-9,13H2,1H3. The van der Waals surface area contributed by atoms with Crippen molar-refractivity contribution in [3.8, 4) is 0 Å². The average molecular weight is 196 g/mol. The summed E-state index contributed by atoms with van der Waals surface area (Å²) >= 11 is 0. The molecular weight excluding hydrogens is 172 g/mol. The van der Waals surface area contributed by atoms with Crippen LogP contribution >= 0.6 is 0 Å². The fraction of sp³-hybridized carbons (Fsp3) is 1.00. The summed E-state index contributed by atoms with van der Waals surface area (Å²) in [6, 6.07) is 0.822. The average Bonchev–Trinajstić information content (AvgIpc) is 2.65. The Labute approximate surface area is 87.8 Å². The van der Waals surface area contributed by atoms with Crippen molar-refractivity contribution in [2.24, 2.45) is 17.6 Å². The summed E-state index contributed by atoms with van der Waals surface area (Å²) in [4.78, 5) is 2.72. The van der Waals surface area contributed by atoms with Crippen LogP contribution in [0.3, 0.4) is 0 Å². The number of hydrogen-bond acceptors (Lipinski definition) is 2. The summed E-state index contributed by atoms with van der Waals surface area (Å²) in [6.45, 7) is 5.93. The summed E-state index contributed by atoms with van der Waals surface area (Å²) in [5.74, 6) is 1.70. The van der Waals surface area contributed by atoms with E-state index in [0.29, 0.717) is 0 Å². The van der Waals surface area contributed by atoms with Gasteiger partial charge in [0.1, 0.15) is 0 Å². The normalized spacial score (nSPS) is 40.3. The molecule has 0 bridgehead atoms. The van der Waals surface area contributed by atoms with Crippen molar-refractivity contribution < 1.29 is 0 Å². The van der Waals surface area contributed by atoms with E-state index in [2.05, 4.69) is 11.8 Å². The molecule has 0 radical (unpaired) electrons. The molecule has 3 atom stereocenters. The zero-order valence-corrected chi connectivity index (χ0v) is 9.41. The SMILES string of the molecule is CC1CCCN(C2CCCC2CN)C1. The lowest BCUT2D eigenvalue weighted by molar-refractivity contribution is 0.107. The number of likely N-dealkylation sites (tertiary alicyclic amines) is 1. The van der Waals surface area contributed by atoms with E-state index in [1.807, 2.05) is 0 Å². The molecule has 2 nitrogen and oxygen atoms in total. The molecule has 1 heterocycles. The molecule has 2 N–H and O–H groups in total. The van der Waals surface area contributed by atoms with Gasteiger partial charge in [-0.15, -0.1) is 0 Å². The minimum atomic E-state index is 0.792. The lowest BCUT2D eigenvalue weighted by Crippen LogP contribution is -2.45. The number of nitrogens with zero attached hydrogens (tertiary/aromatic N) is 1. The van der Waals surface area contributed by atoms with Gasteiger partial charge in [-0.1, -0.05) is 13.3 Å². The third-order valence-corrected chi connectivity index (χ3v) is 4.08. The summed E-state index contributed by atoms with van der Waals surface area (Å²) < 4.78 is 0. The fourth-order valence-electron chi connectivity index (χ4n) is 3.30. The molecular formula is C12H24N2. The number of piperidine rings is 1. The van der Waals surface area contributed by atoms with Gasteiger partial charge in [-0.05, 0) is 50.6 Å². The molecule has 1 aliphatic carbocycles. The van der Waals surface area contributed by atoms with E-state index in [1.165, 1.54) is 45.2 Å². The number of hydrogen-bond donors (Lipinski definition) is 1. The fourth-order valence-corrected chi connectivity index (χ4v) is 3.30. The Kier molecular flexibility index (Phi) is 3.45. The Morgan fingerprint density at radius 3 is 2.79 bits per heavy atom. The Morgan fingerprint density at radius 2 is 2.07 bits per heavy atom. The van der Waals surface area contributed by atoms with Gasteiger partial charge in [0.2, 0.25) is 0 Å². The molecule has 82 valence electrons. The quantitative estimate of drug-likeness (QED) is 0.730. The van der Waals surface area contributed by atoms with Gasteiger partial charge in [0.25, 0.3) is 0 Å². The van der Waals surface area contributed by atoms with Crippen molar-refractivity contribution in [1.29, 1.82) is 0 Å². The summed E-state index contributed by atoms with van der Waals surface area (Å²) in [5, 5.41) is 0. The minimum absolute atomic E-state index is 0.792. The second kappa shape index (κ2) is 4.63. The van der Waals surface area contributed by atoms with Crippen LogP contribution < -0.4 is 5.73 Å². The maximum atomic E-state index is 5.84. The van der Waals surface area contributed by atoms with Crippen LogP contribution in [-0.2, 0) is 0 Å². The first-order valence-corrected chi connectivity index (χ1v) is 6.25. The first-order chi connectivity index (χ1) is 6.81. The van der Waals surface area contributed by atoms with Crippen LogP contribution in [0.15, 0.2) is 0 Å². The van der Waals surface area contributed by atoms with Crippen molar-refractivity contribution in [3.63, 3.8) is 0 Å². The van der Waals surface area contributed by atoms with Crippen LogP contribution in [-0.4, -0.2) is 30.6 Å². The van der Waals surface area contributed by atoms with Crippen LogP contribution in [0.1, 0.15) is 39.0 Å². The van der Waals surface area contributed by atoms with Gasteiger partial charge in [0.05, 0.1) is 0 Å². The van der Waals surface area contributed by atoms with E-state index in [0.717, 1.165) is 24.4 Å². The molecule has 0 spiro atoms. The van der Waals surface area contributed by atoms with Crippen molar-refractivity contribution in [1.82, 2.24) is 4.90 Å². The highest BCUT2D eigenvalue weighted by Gasteiger charge is 2.32. The van der Waals surface area contributed by atoms with Crippen LogP contribution in [0.4, 0.5) is 0 Å². The predicted octanol–water partition coefficient (Wildman–Crippen LogP) is 1.85. The van der Waals surface area contributed by atoms with Crippen LogP contribution in [0, 0.1) is 11.8 Å². The van der Waals surface area contributed by atoms with Gasteiger partial charge in [-0.25, -0.2) is 0 Å². The molecule has 14 heavy (non-hydrogen) atoms. The molecule has 0 aromatic heterocycles. The zero-order chi connectivity index (χ0) is 9.97. The van der Waals surface area contributed by atoms with Gasteiger partial charge in [-0.2, -0.15) is 0 Å². The van der Waals surface area contributed by atoms with Crippen LogP contribution in [0.2, 0.25) is 0 Å². The van der Waals surface area contributed by atoms with E-state index in [9.17, 15) is 0 Å². The maximum Gasteiger partial charge on any atom is 0.0136 e. The molecule has 1 saturated heterocycles. The van der Waals surface area contributed by atoms with Crippen LogP contribution in [0.5, 0.6) is 0 Å². The van der Waals surface area contributed by atoms with Crippen molar-refractivity contribution in [2.75, 3.05) is 19.6 Å². The maximum absolute atomic E-state index is 5.84. The smallest absolute Gasteiger partial charge is 0.0136 e. The van der Waals surface area contributed by atoms with Gasteiger partial charge in [0, 0.05) is 12.6 Å². The van der Waals surface area contributed by atoms with Crippen LogP contribution in [0.25, 0.3) is 0 Å². The van der Waals surface area contributed by atoms with Crippen molar-refractivity contribution >= 4 is 0 Å². The largest absolute Gasteiger partial charge is 0.330 e. The molecule has 0 aromatic carbocycles. The summed E-state index contributed by atoms with van der Waals surface area (Å²) in [5.41, 5.74) is 5.84. The molecule has 2 heteroatoms. The van der Waals surface area contributed by atoms with Gasteiger partial charge < -0.3 is 5.73 Å². The molecule has 0 aromatic rings. The number of rotatable bonds is 2. The molecule has 3 unspecified atom stereocenters. The van der Waals surface area contributed by atoms with E-state index < -0.39 is 0 Å². The lowest BCUT2D eigenvalue weighted by atomic mass is 9.95. The van der Waals surface area contributed by atoms with Crippen molar-refractivity contribution in [2.45, 2.75) is 45.1 Å². The van der Waals surface area contributed by atoms with E-state index in [-0.39, 0.29) is 0 Å². The van der Waals surface area contributed by atoms with Gasteiger partial charge >= 0.3 is 0 Å². The third kappa shape index (κ3) is 2.12. The highest BCUT2D eigenvalue weighted by molar-refractivity contribution is 4.87. The minimum Gasteiger partial charge on any atom is -0.330 e. The molecule has 2 rings (SSSR count). The highest BCUT2D eigenvalue weighted by Crippen LogP contribution is 2.31. The first-order valence-electron chi connectivity index (χ1n) is 6.25. The second-order valence-corrected chi connectivity index (χ2v) is 5.24. The van der Waals surface area contributed by atoms with E-state index in [4.69, 9.17) is 5.73 Å². The Hall–Kier alpha value is -0.0800. The summed E-state index contributed by atoms with van der Waals surface area (Å²) in [7, 11) is 0. The molecule has 1 saturated carbocycles. The molecule has 0 amide bonds.